The van der Waals surface area contributed by atoms with Gasteiger partial charge in [0.25, 0.3) is 0 Å². The Morgan fingerprint density at radius 2 is 1.88 bits per heavy atom. The van der Waals surface area contributed by atoms with Crippen LogP contribution in [0.25, 0.3) is 0 Å². The Balaban J connectivity index is 4.03. The van der Waals surface area contributed by atoms with Crippen LogP contribution in [-0.2, 0) is 19.2 Å². The molecular weight excluding hydrogens is 320 g/mol. The van der Waals surface area contributed by atoms with Crippen LogP contribution in [0.1, 0.15) is 25.7 Å². The van der Waals surface area contributed by atoms with Crippen LogP contribution in [0.4, 0.5) is 0 Å². The molecule has 135 valence electrons. The summed E-state index contributed by atoms with van der Waals surface area (Å²) in [5.74, 6) is -2.50. The fourth-order valence-electron chi connectivity index (χ4n) is 1.64. The monoisotopic (exact) mass is 343 g/mol. The van der Waals surface area contributed by atoms with Crippen LogP contribution in [0.2, 0.25) is 0 Å². The maximum absolute atomic E-state index is 11.6. The molecule has 1 radical (unpaired) electrons. The van der Waals surface area contributed by atoms with Crippen molar-refractivity contribution in [2.45, 2.75) is 37.8 Å². The van der Waals surface area contributed by atoms with E-state index in [4.69, 9.17) is 22.0 Å². The van der Waals surface area contributed by atoms with Gasteiger partial charge in [-0.05, 0) is 19.3 Å². The molecule has 0 heterocycles. The first-order valence-corrected chi connectivity index (χ1v) is 7.26. The maximum Gasteiger partial charge on any atom is 0.303 e. The molecule has 0 aromatic heterocycles. The lowest BCUT2D eigenvalue weighted by atomic mass is 10.1. The summed E-state index contributed by atoms with van der Waals surface area (Å²) in [6.45, 7) is -0.0119. The molecule has 2 amide bonds. The average Bonchev–Trinajstić information content (AvgIpc) is 2.52. The van der Waals surface area contributed by atoms with E-state index in [1.54, 1.807) is 6.29 Å². The van der Waals surface area contributed by atoms with Crippen LogP contribution in [-0.4, -0.2) is 60.3 Å². The summed E-state index contributed by atoms with van der Waals surface area (Å²) in [6, 6.07) is -1.87. The zero-order chi connectivity index (χ0) is 18.5. The number of rotatable bonds is 12. The standard InChI is InChI=1S/C13H23N6O5/c14-9(3-4-11(22)23)12(24)18-6-10(21)19-8(7-20)2-1-5-17-13(15)16/h8-9H,1-6,14H2,(H,18,24)(H,19,21)(H,22,23)(H4,15,16,17)/t8-,9-/m0/s1. The smallest absolute Gasteiger partial charge is 0.303 e. The van der Waals surface area contributed by atoms with Gasteiger partial charge >= 0.3 is 5.97 Å². The molecule has 0 aromatic carbocycles. The highest BCUT2D eigenvalue weighted by molar-refractivity contribution is 5.88. The number of guanidine groups is 1. The number of aliphatic carboxylic acids is 1. The van der Waals surface area contributed by atoms with Crippen molar-refractivity contribution in [1.29, 1.82) is 5.41 Å². The normalized spacial score (nSPS) is 12.5. The highest BCUT2D eigenvalue weighted by Gasteiger charge is 2.17. The van der Waals surface area contributed by atoms with Gasteiger partial charge in [-0.3, -0.25) is 24.6 Å². The molecule has 0 aliphatic rings. The molecule has 0 saturated carbocycles. The topological polar surface area (TPSA) is 200 Å². The third kappa shape index (κ3) is 11.0. The fourth-order valence-corrected chi connectivity index (χ4v) is 1.64. The third-order valence-corrected chi connectivity index (χ3v) is 2.89. The van der Waals surface area contributed by atoms with E-state index in [-0.39, 0.29) is 25.3 Å². The number of nitrogens with one attached hydrogen (secondary N) is 4. The Hall–Kier alpha value is -2.69. The fraction of sp³-hybridized carbons (Fsp3) is 0.615. The summed E-state index contributed by atoms with van der Waals surface area (Å²) < 4.78 is 0. The predicted molar refractivity (Wildman–Crippen MR) is 84.6 cm³/mol. The Bertz CT molecular complexity index is 470. The van der Waals surface area contributed by atoms with Crippen molar-refractivity contribution in [2.75, 3.05) is 13.1 Å². The van der Waals surface area contributed by atoms with E-state index in [0.717, 1.165) is 0 Å². The number of carbonyl (C=O) groups is 3. The van der Waals surface area contributed by atoms with Crippen molar-refractivity contribution in [3.8, 4) is 0 Å². The molecular formula is C13H23N6O5. The summed E-state index contributed by atoms with van der Waals surface area (Å²) in [7, 11) is 0. The van der Waals surface area contributed by atoms with Crippen molar-refractivity contribution in [3.05, 3.63) is 0 Å². The van der Waals surface area contributed by atoms with Crippen molar-refractivity contribution >= 4 is 30.0 Å². The first-order chi connectivity index (χ1) is 11.3. The number of hydrogen-bond acceptors (Lipinski definition) is 6. The summed E-state index contributed by atoms with van der Waals surface area (Å²) in [5.41, 5.74) is 10.6. The highest BCUT2D eigenvalue weighted by Crippen LogP contribution is 1.95. The number of carboxylic acid groups (broad SMARTS) is 1. The lowest BCUT2D eigenvalue weighted by molar-refractivity contribution is -0.137. The summed E-state index contributed by atoms with van der Waals surface area (Å²) in [6.07, 6.45) is 2.14. The van der Waals surface area contributed by atoms with Gasteiger partial charge in [0, 0.05) is 13.0 Å². The Morgan fingerprint density at radius 1 is 1.21 bits per heavy atom. The lowest BCUT2D eigenvalue weighted by Crippen LogP contribution is -2.47. The largest absolute Gasteiger partial charge is 0.481 e. The van der Waals surface area contributed by atoms with E-state index >= 15 is 0 Å². The van der Waals surface area contributed by atoms with E-state index < -0.39 is 29.9 Å². The first-order valence-electron chi connectivity index (χ1n) is 7.26. The minimum Gasteiger partial charge on any atom is -0.481 e. The zero-order valence-corrected chi connectivity index (χ0v) is 13.1. The van der Waals surface area contributed by atoms with E-state index in [1.165, 1.54) is 0 Å². The van der Waals surface area contributed by atoms with E-state index in [2.05, 4.69) is 16.0 Å². The Labute approximate surface area is 139 Å². The van der Waals surface area contributed by atoms with Crippen molar-refractivity contribution in [3.63, 3.8) is 0 Å². The van der Waals surface area contributed by atoms with Gasteiger partial charge < -0.3 is 32.5 Å². The molecule has 0 aromatic rings. The molecule has 24 heavy (non-hydrogen) atoms. The summed E-state index contributed by atoms with van der Waals surface area (Å²) in [4.78, 5) is 44.4. The van der Waals surface area contributed by atoms with Crippen molar-refractivity contribution in [2.24, 2.45) is 11.5 Å². The number of hydrogen-bond donors (Lipinski definition) is 7. The highest BCUT2D eigenvalue weighted by atomic mass is 16.4. The molecule has 2 atom stereocenters. The number of nitrogens with two attached hydrogens (primary N) is 2. The van der Waals surface area contributed by atoms with Crippen LogP contribution in [0.3, 0.4) is 0 Å². The van der Waals surface area contributed by atoms with Crippen molar-refractivity contribution < 1.29 is 24.3 Å². The molecule has 0 saturated heterocycles. The maximum atomic E-state index is 11.6. The Morgan fingerprint density at radius 3 is 2.42 bits per heavy atom. The second-order valence-corrected chi connectivity index (χ2v) is 4.98. The molecule has 0 aliphatic heterocycles. The molecule has 0 unspecified atom stereocenters. The first kappa shape index (κ1) is 21.3. The molecule has 0 aliphatic carbocycles. The molecule has 9 N–H and O–H groups in total. The predicted octanol–water partition coefficient (Wildman–Crippen LogP) is -2.85. The molecule has 11 nitrogen and oxygen atoms in total. The van der Waals surface area contributed by atoms with Crippen LogP contribution in [0.15, 0.2) is 0 Å². The summed E-state index contributed by atoms with van der Waals surface area (Å²) in [5, 5.41) is 22.6. The van der Waals surface area contributed by atoms with Gasteiger partial charge in [-0.2, -0.15) is 0 Å². The Kier molecular flexibility index (Phi) is 10.5. The van der Waals surface area contributed by atoms with Gasteiger partial charge in [-0.25, -0.2) is 0 Å². The third-order valence-electron chi connectivity index (χ3n) is 2.89. The van der Waals surface area contributed by atoms with Gasteiger partial charge in [-0.1, -0.05) is 0 Å². The van der Waals surface area contributed by atoms with Crippen LogP contribution in [0, 0.1) is 5.41 Å². The van der Waals surface area contributed by atoms with Gasteiger partial charge in [0.2, 0.25) is 18.1 Å². The van der Waals surface area contributed by atoms with Gasteiger partial charge in [0.1, 0.15) is 0 Å². The van der Waals surface area contributed by atoms with Gasteiger partial charge in [-0.15, -0.1) is 0 Å². The summed E-state index contributed by atoms with van der Waals surface area (Å²) >= 11 is 0. The number of carbonyl (C=O) groups excluding carboxylic acids is 3. The SMILES string of the molecule is N=C(N)NCCC[C@@H]([C]=O)NC(=O)CNC(=O)[C@@H](N)CCC(=O)O. The molecule has 0 fully saturated rings. The second-order valence-electron chi connectivity index (χ2n) is 4.98. The van der Waals surface area contributed by atoms with E-state index in [1.807, 2.05) is 0 Å². The zero-order valence-electron chi connectivity index (χ0n) is 13.1. The number of carboxylic acids is 1. The van der Waals surface area contributed by atoms with Gasteiger partial charge in [0.15, 0.2) is 5.96 Å². The van der Waals surface area contributed by atoms with Gasteiger partial charge in [0.05, 0.1) is 18.6 Å². The van der Waals surface area contributed by atoms with Crippen LogP contribution in [0.5, 0.6) is 0 Å². The molecule has 0 spiro atoms. The quantitative estimate of drug-likeness (QED) is 0.111. The minimum atomic E-state index is -1.07. The van der Waals surface area contributed by atoms with E-state index in [0.29, 0.717) is 19.4 Å². The second kappa shape index (κ2) is 11.8. The molecule has 0 bridgehead atoms. The molecule has 0 rings (SSSR count). The van der Waals surface area contributed by atoms with Crippen LogP contribution < -0.4 is 27.4 Å². The average molecular weight is 343 g/mol. The van der Waals surface area contributed by atoms with Crippen LogP contribution >= 0.6 is 0 Å². The lowest BCUT2D eigenvalue weighted by Gasteiger charge is -2.14. The number of amides is 2. The minimum absolute atomic E-state index is 0.0450. The molecule has 11 heteroatoms. The van der Waals surface area contributed by atoms with Crippen molar-refractivity contribution in [1.82, 2.24) is 16.0 Å². The van der Waals surface area contributed by atoms with E-state index in [9.17, 15) is 19.2 Å².